The number of unbranched alkanes of at least 4 members (excludes halogenated alkanes) is 8. The fraction of sp³-hybridized carbons (Fsp3) is 1.00. The first-order valence-corrected chi connectivity index (χ1v) is 7.39. The molecule has 78 valence electrons. The van der Waals surface area contributed by atoms with Gasteiger partial charge in [-0.3, -0.25) is 0 Å². The summed E-state index contributed by atoms with van der Waals surface area (Å²) in [5.74, 6) is 0. The Labute approximate surface area is 96.2 Å². The summed E-state index contributed by atoms with van der Waals surface area (Å²) in [6.07, 6.45) is 11.4. The van der Waals surface area contributed by atoms with Crippen molar-refractivity contribution in [2.75, 3.05) is 6.67 Å². The van der Waals surface area contributed by atoms with Crippen LogP contribution >= 0.6 is 0 Å². The van der Waals surface area contributed by atoms with E-state index in [1.807, 2.05) is 23.0 Å². The van der Waals surface area contributed by atoms with Crippen LogP contribution in [0.25, 0.3) is 0 Å². The van der Waals surface area contributed by atoms with Gasteiger partial charge in [0, 0.05) is 0 Å². The molecule has 0 saturated carbocycles. The summed E-state index contributed by atoms with van der Waals surface area (Å²) < 4.78 is 13.1. The zero-order chi connectivity index (χ0) is 9.78. The van der Waals surface area contributed by atoms with E-state index >= 15 is 0 Å². The quantitative estimate of drug-likeness (QED) is 0.421. The number of alkyl halides is 1. The Morgan fingerprint density at radius 2 is 1.00 bits per heavy atom. The van der Waals surface area contributed by atoms with E-state index in [1.165, 1.54) is 49.3 Å². The van der Waals surface area contributed by atoms with Gasteiger partial charge < -0.3 is 0 Å². The summed E-state index contributed by atoms with van der Waals surface area (Å²) in [7, 11) is 0. The van der Waals surface area contributed by atoms with E-state index in [-0.39, 0.29) is 6.67 Å². The van der Waals surface area contributed by atoms with Gasteiger partial charge in [0.2, 0.25) is 0 Å². The molecule has 0 aliphatic carbocycles. The molecule has 0 amide bonds. The molecule has 0 heterocycles. The molecule has 0 unspecified atom stereocenters. The van der Waals surface area contributed by atoms with E-state index in [1.54, 1.807) is 0 Å². The van der Waals surface area contributed by atoms with Crippen molar-refractivity contribution in [2.45, 2.75) is 62.2 Å². The second-order valence-corrected chi connectivity index (χ2v) is 4.87. The number of hydrogen-bond acceptors (Lipinski definition) is 0. The van der Waals surface area contributed by atoms with Gasteiger partial charge in [-0.1, -0.05) is 0 Å². The first-order valence-electron chi connectivity index (χ1n) is 5.58. The molecule has 0 aromatic rings. The van der Waals surface area contributed by atoms with Crippen molar-refractivity contribution < 1.29 is 4.39 Å². The summed E-state index contributed by atoms with van der Waals surface area (Å²) in [5.41, 5.74) is 0. The van der Waals surface area contributed by atoms with Gasteiger partial charge in [-0.2, -0.15) is 0 Å². The van der Waals surface area contributed by atoms with Gasteiger partial charge >= 0.3 is 96.2 Å². The molecule has 0 rings (SSSR count). The Balaban J connectivity index is 2.76. The Morgan fingerprint density at radius 3 is 1.38 bits per heavy atom. The second kappa shape index (κ2) is 12.7. The molecule has 0 aromatic carbocycles. The summed E-state index contributed by atoms with van der Waals surface area (Å²) in [6.45, 7) is -0.127. The molecule has 0 aliphatic rings. The fourth-order valence-corrected chi connectivity index (χ4v) is 2.08. The Kier molecular flexibility index (Phi) is 13.5. The molecule has 0 nitrogen and oxygen atoms in total. The molecule has 2 radical (unpaired) electrons. The zero-order valence-corrected chi connectivity index (χ0v) is 11.2. The summed E-state index contributed by atoms with van der Waals surface area (Å²) >= 11 is 1.93. The van der Waals surface area contributed by atoms with Crippen LogP contribution in [0.1, 0.15) is 57.8 Å². The van der Waals surface area contributed by atoms with Gasteiger partial charge in [0.05, 0.1) is 0 Å². The SMILES string of the molecule is FCCCCCCCCCC[CH2][Sb]. The average Bonchev–Trinajstić information content (AvgIpc) is 2.16. The van der Waals surface area contributed by atoms with Crippen molar-refractivity contribution in [3.63, 3.8) is 0 Å². The van der Waals surface area contributed by atoms with Crippen LogP contribution < -0.4 is 0 Å². The van der Waals surface area contributed by atoms with Crippen LogP contribution in [0.4, 0.5) is 4.39 Å². The van der Waals surface area contributed by atoms with Crippen molar-refractivity contribution in [1.29, 1.82) is 0 Å². The van der Waals surface area contributed by atoms with Gasteiger partial charge in [0.1, 0.15) is 0 Å². The summed E-state index contributed by atoms with van der Waals surface area (Å²) in [4.78, 5) is 0. The molecule has 2 heteroatoms. The minimum atomic E-state index is -0.127. The van der Waals surface area contributed by atoms with E-state index < -0.39 is 0 Å². The van der Waals surface area contributed by atoms with E-state index in [2.05, 4.69) is 0 Å². The number of hydrogen-bond donors (Lipinski definition) is 0. The van der Waals surface area contributed by atoms with Gasteiger partial charge in [-0.25, -0.2) is 0 Å². The molecule has 0 atom stereocenters. The van der Waals surface area contributed by atoms with Crippen molar-refractivity contribution in [3.8, 4) is 0 Å². The predicted octanol–water partition coefficient (Wildman–Crippen LogP) is 4.05. The molecular formula is C11H22FSb. The average molecular weight is 295 g/mol. The topological polar surface area (TPSA) is 0 Å². The van der Waals surface area contributed by atoms with Crippen LogP contribution in [-0.2, 0) is 0 Å². The van der Waals surface area contributed by atoms with Gasteiger partial charge in [0.25, 0.3) is 0 Å². The van der Waals surface area contributed by atoms with Crippen LogP contribution in [-0.4, -0.2) is 29.7 Å². The second-order valence-electron chi connectivity index (χ2n) is 3.59. The first-order chi connectivity index (χ1) is 6.41. The molecule has 0 spiro atoms. The molecule has 0 saturated heterocycles. The van der Waals surface area contributed by atoms with Gasteiger partial charge in [-0.15, -0.1) is 0 Å². The van der Waals surface area contributed by atoms with E-state index in [4.69, 9.17) is 0 Å². The Morgan fingerprint density at radius 1 is 0.615 bits per heavy atom. The molecule has 0 aliphatic heterocycles. The molecule has 0 fully saturated rings. The molecular weight excluding hydrogens is 273 g/mol. The van der Waals surface area contributed by atoms with Crippen LogP contribution in [0.5, 0.6) is 0 Å². The minimum absolute atomic E-state index is 0.127. The monoisotopic (exact) mass is 294 g/mol. The molecule has 0 bridgehead atoms. The third-order valence-electron chi connectivity index (χ3n) is 2.29. The predicted molar refractivity (Wildman–Crippen MR) is 58.1 cm³/mol. The fourth-order valence-electron chi connectivity index (χ4n) is 1.44. The first kappa shape index (κ1) is 13.7. The van der Waals surface area contributed by atoms with E-state index in [0.717, 1.165) is 12.8 Å². The van der Waals surface area contributed by atoms with Crippen molar-refractivity contribution in [3.05, 3.63) is 0 Å². The Hall–Kier alpha value is 0.748. The van der Waals surface area contributed by atoms with Crippen LogP contribution in [0.2, 0.25) is 4.37 Å². The maximum atomic E-state index is 11.7. The van der Waals surface area contributed by atoms with Crippen molar-refractivity contribution in [2.24, 2.45) is 0 Å². The number of halogens is 1. The normalized spacial score (nSPS) is 10.6. The van der Waals surface area contributed by atoms with Gasteiger partial charge in [-0.05, 0) is 0 Å². The van der Waals surface area contributed by atoms with E-state index in [9.17, 15) is 4.39 Å². The maximum absolute atomic E-state index is 11.7. The zero-order valence-electron chi connectivity index (χ0n) is 8.60. The summed E-state index contributed by atoms with van der Waals surface area (Å²) in [5, 5.41) is 0. The van der Waals surface area contributed by atoms with Crippen molar-refractivity contribution >= 4 is 23.0 Å². The number of rotatable bonds is 10. The summed E-state index contributed by atoms with van der Waals surface area (Å²) in [6, 6.07) is 0. The molecule has 0 aromatic heterocycles. The van der Waals surface area contributed by atoms with E-state index in [0.29, 0.717) is 0 Å². The van der Waals surface area contributed by atoms with Crippen molar-refractivity contribution in [1.82, 2.24) is 0 Å². The van der Waals surface area contributed by atoms with Crippen LogP contribution in [0.3, 0.4) is 0 Å². The third kappa shape index (κ3) is 12.7. The van der Waals surface area contributed by atoms with Gasteiger partial charge in [0.15, 0.2) is 0 Å². The Bertz CT molecular complexity index is 76.2. The van der Waals surface area contributed by atoms with Crippen LogP contribution in [0.15, 0.2) is 0 Å². The van der Waals surface area contributed by atoms with Crippen LogP contribution in [0, 0.1) is 0 Å². The molecule has 13 heavy (non-hydrogen) atoms. The standard InChI is InChI=1S/C11H22F.Sb/c1-2-3-4-5-6-7-8-9-10-11-12;/h1-11H2;. The third-order valence-corrected chi connectivity index (χ3v) is 3.19. The molecule has 0 N–H and O–H groups in total.